The second-order valence-corrected chi connectivity index (χ2v) is 8.66. The fraction of sp³-hybridized carbons (Fsp3) is 0.200. The Labute approximate surface area is 209 Å². The molecule has 0 unspecified atom stereocenters. The zero-order valence-corrected chi connectivity index (χ0v) is 20.3. The van der Waals surface area contributed by atoms with Gasteiger partial charge in [0.1, 0.15) is 12.3 Å². The maximum atomic E-state index is 12.7. The molecule has 1 heterocycles. The number of fused-ring (bicyclic) bond motifs is 2. The number of hydrogen-bond acceptors (Lipinski definition) is 4. The fourth-order valence-electron chi connectivity index (χ4n) is 5.13. The van der Waals surface area contributed by atoms with Crippen molar-refractivity contribution in [1.82, 2.24) is 4.57 Å². The van der Waals surface area contributed by atoms with Crippen LogP contribution in [-0.4, -0.2) is 35.3 Å². The highest BCUT2D eigenvalue weighted by molar-refractivity contribution is 6.07. The Kier molecular flexibility index (Phi) is 6.34. The fourth-order valence-corrected chi connectivity index (χ4v) is 5.13. The molecule has 0 fully saturated rings. The third kappa shape index (κ3) is 4.05. The van der Waals surface area contributed by atoms with Crippen molar-refractivity contribution in [3.05, 3.63) is 95.1 Å². The molecule has 5 rings (SSSR count). The van der Waals surface area contributed by atoms with E-state index in [-0.39, 0.29) is 24.7 Å². The van der Waals surface area contributed by atoms with Crippen LogP contribution in [0.2, 0.25) is 0 Å². The molecule has 0 amide bonds. The largest absolute Gasteiger partial charge is 0.496 e. The molecule has 1 aliphatic carbocycles. The highest BCUT2D eigenvalue weighted by Gasteiger charge is 2.27. The van der Waals surface area contributed by atoms with Gasteiger partial charge in [0, 0.05) is 16.5 Å². The third-order valence-corrected chi connectivity index (χ3v) is 6.61. The minimum absolute atomic E-state index is 0.0319. The predicted molar refractivity (Wildman–Crippen MR) is 139 cm³/mol. The van der Waals surface area contributed by atoms with Crippen LogP contribution in [0.15, 0.2) is 72.8 Å². The summed E-state index contributed by atoms with van der Waals surface area (Å²) in [7, 11) is 1.68. The number of carbonyl (C=O) groups excluding carboxylic acids is 1. The van der Waals surface area contributed by atoms with Gasteiger partial charge in [0.15, 0.2) is 0 Å². The lowest BCUT2D eigenvalue weighted by molar-refractivity contribution is -0.143. The van der Waals surface area contributed by atoms with Crippen LogP contribution < -0.4 is 4.74 Å². The van der Waals surface area contributed by atoms with E-state index in [2.05, 4.69) is 12.1 Å². The summed E-state index contributed by atoms with van der Waals surface area (Å²) in [5, 5.41) is 10.6. The summed E-state index contributed by atoms with van der Waals surface area (Å²) in [6.07, 6.45) is 3.94. The molecule has 1 aliphatic rings. The first-order valence-corrected chi connectivity index (χ1v) is 12.0. The summed E-state index contributed by atoms with van der Waals surface area (Å²) in [4.78, 5) is 24.6. The van der Waals surface area contributed by atoms with Gasteiger partial charge >= 0.3 is 11.9 Å². The van der Waals surface area contributed by atoms with Crippen LogP contribution in [0.5, 0.6) is 5.75 Å². The summed E-state index contributed by atoms with van der Waals surface area (Å²) >= 11 is 0. The number of carboxylic acid groups (broad SMARTS) is 1. The number of methoxy groups -OCH3 is 1. The van der Waals surface area contributed by atoms with Crippen molar-refractivity contribution >= 4 is 28.4 Å². The molecule has 3 aromatic carbocycles. The number of rotatable bonds is 7. The molecule has 1 N–H and O–H groups in total. The summed E-state index contributed by atoms with van der Waals surface area (Å²) in [6.45, 7) is 2.01. The highest BCUT2D eigenvalue weighted by Crippen LogP contribution is 2.44. The Balaban J connectivity index is 1.87. The van der Waals surface area contributed by atoms with Gasteiger partial charge in [-0.3, -0.25) is 4.79 Å². The summed E-state index contributed by atoms with van der Waals surface area (Å²) in [6, 6.07) is 21.0. The van der Waals surface area contributed by atoms with Gasteiger partial charge in [0.25, 0.3) is 0 Å². The molecular formula is C30H27NO5. The van der Waals surface area contributed by atoms with Gasteiger partial charge in [0.05, 0.1) is 30.5 Å². The zero-order valence-electron chi connectivity index (χ0n) is 20.3. The minimum Gasteiger partial charge on any atom is -0.496 e. The van der Waals surface area contributed by atoms with Gasteiger partial charge in [-0.25, -0.2) is 4.79 Å². The first kappa shape index (κ1) is 23.4. The van der Waals surface area contributed by atoms with Crippen molar-refractivity contribution in [3.8, 4) is 17.0 Å². The van der Waals surface area contributed by atoms with Crippen LogP contribution in [0.4, 0.5) is 0 Å². The second-order valence-electron chi connectivity index (χ2n) is 8.66. The Morgan fingerprint density at radius 3 is 2.56 bits per heavy atom. The average Bonchev–Trinajstić information content (AvgIpc) is 3.21. The molecule has 0 radical (unpaired) electrons. The normalized spacial score (nSPS) is 12.7. The van der Waals surface area contributed by atoms with Crippen LogP contribution in [0, 0.1) is 0 Å². The number of nitrogens with zero attached hydrogens (tertiary/aromatic N) is 1. The highest BCUT2D eigenvalue weighted by atomic mass is 16.5. The number of esters is 1. The molecule has 1 aromatic heterocycles. The van der Waals surface area contributed by atoms with E-state index in [9.17, 15) is 14.7 Å². The molecule has 0 spiro atoms. The lowest BCUT2D eigenvalue weighted by Crippen LogP contribution is -2.14. The van der Waals surface area contributed by atoms with Crippen molar-refractivity contribution in [1.29, 1.82) is 0 Å². The lowest BCUT2D eigenvalue weighted by atomic mass is 9.84. The molecular weight excluding hydrogens is 454 g/mol. The van der Waals surface area contributed by atoms with Gasteiger partial charge in [-0.2, -0.15) is 0 Å². The smallest absolute Gasteiger partial charge is 0.335 e. The van der Waals surface area contributed by atoms with Gasteiger partial charge < -0.3 is 19.1 Å². The van der Waals surface area contributed by atoms with E-state index >= 15 is 0 Å². The summed E-state index contributed by atoms with van der Waals surface area (Å²) in [5.41, 5.74) is 6.85. The Bertz CT molecular complexity index is 1500. The summed E-state index contributed by atoms with van der Waals surface area (Å²) in [5.74, 6) is -0.545. The Morgan fingerprint density at radius 2 is 1.83 bits per heavy atom. The number of ether oxygens (including phenoxy) is 2. The van der Waals surface area contributed by atoms with E-state index in [0.717, 1.165) is 57.5 Å². The summed E-state index contributed by atoms with van der Waals surface area (Å²) < 4.78 is 12.9. The van der Waals surface area contributed by atoms with E-state index in [0.29, 0.717) is 5.52 Å². The van der Waals surface area contributed by atoms with Crippen LogP contribution in [-0.2, 0) is 22.5 Å². The number of carboxylic acids is 1. The molecule has 0 saturated heterocycles. The molecule has 0 bridgehead atoms. The van der Waals surface area contributed by atoms with Crippen molar-refractivity contribution in [3.63, 3.8) is 0 Å². The van der Waals surface area contributed by atoms with Gasteiger partial charge in [-0.15, -0.1) is 0 Å². The molecule has 0 atom stereocenters. The Hall–Kier alpha value is -4.32. The van der Waals surface area contributed by atoms with E-state index in [1.807, 2.05) is 53.1 Å². The quantitative estimate of drug-likeness (QED) is 0.330. The standard InChI is InChI=1S/C30H27NO5/c1-3-36-27(32)18-31-25-17-20(30(33)34)15-16-24(25)28(29(31)19-9-5-4-6-10-19)23-13-7-12-22-21(23)11-8-14-26(22)35-2/h4-6,8-11,13-17H,3,7,12,18H2,1-2H3,(H,33,34). The van der Waals surface area contributed by atoms with Crippen molar-refractivity contribution < 1.29 is 24.2 Å². The van der Waals surface area contributed by atoms with Crippen LogP contribution in [0.25, 0.3) is 27.7 Å². The van der Waals surface area contributed by atoms with Crippen LogP contribution in [0.1, 0.15) is 40.4 Å². The number of benzene rings is 3. The molecule has 6 heteroatoms. The number of aromatic carboxylic acids is 1. The van der Waals surface area contributed by atoms with Crippen LogP contribution in [0.3, 0.4) is 0 Å². The lowest BCUT2D eigenvalue weighted by Gasteiger charge is -2.22. The van der Waals surface area contributed by atoms with Crippen LogP contribution >= 0.6 is 0 Å². The zero-order chi connectivity index (χ0) is 25.2. The molecule has 0 aliphatic heterocycles. The first-order chi connectivity index (χ1) is 17.5. The molecule has 36 heavy (non-hydrogen) atoms. The van der Waals surface area contributed by atoms with E-state index in [1.165, 1.54) is 0 Å². The first-order valence-electron chi connectivity index (χ1n) is 12.0. The Morgan fingerprint density at radius 1 is 1.03 bits per heavy atom. The minimum atomic E-state index is -1.02. The SMILES string of the molecule is CCOC(=O)Cn1c(-c2ccccc2)c(C2=CCCc3c(OC)cccc32)c2ccc(C(=O)O)cc21. The van der Waals surface area contributed by atoms with Crippen molar-refractivity contribution in [2.75, 3.05) is 13.7 Å². The third-order valence-electron chi connectivity index (χ3n) is 6.61. The monoisotopic (exact) mass is 481 g/mol. The molecule has 0 saturated carbocycles. The van der Waals surface area contributed by atoms with Gasteiger partial charge in [-0.1, -0.05) is 54.6 Å². The van der Waals surface area contributed by atoms with Crippen molar-refractivity contribution in [2.24, 2.45) is 0 Å². The molecule has 182 valence electrons. The maximum absolute atomic E-state index is 12.7. The number of carbonyl (C=O) groups is 2. The van der Waals surface area contributed by atoms with E-state index < -0.39 is 5.97 Å². The van der Waals surface area contributed by atoms with Gasteiger partial charge in [-0.05, 0) is 54.7 Å². The molecule has 4 aromatic rings. The van der Waals surface area contributed by atoms with E-state index in [1.54, 1.807) is 26.2 Å². The average molecular weight is 482 g/mol. The predicted octanol–water partition coefficient (Wildman–Crippen LogP) is 5.96. The number of allylic oxidation sites excluding steroid dienone is 1. The second kappa shape index (κ2) is 9.74. The topological polar surface area (TPSA) is 77.8 Å². The van der Waals surface area contributed by atoms with E-state index in [4.69, 9.17) is 9.47 Å². The van der Waals surface area contributed by atoms with Gasteiger partial charge in [0.2, 0.25) is 0 Å². The number of aromatic nitrogens is 1. The number of hydrogen-bond donors (Lipinski definition) is 1. The van der Waals surface area contributed by atoms with Crippen molar-refractivity contribution in [2.45, 2.75) is 26.3 Å². The molecule has 6 nitrogen and oxygen atoms in total. The maximum Gasteiger partial charge on any atom is 0.335 e.